The van der Waals surface area contributed by atoms with Crippen molar-refractivity contribution in [3.8, 4) is 0 Å². The molecule has 0 aromatic heterocycles. The second-order valence-electron chi connectivity index (χ2n) is 5.71. The fourth-order valence-electron chi connectivity index (χ4n) is 2.62. The van der Waals surface area contributed by atoms with Crippen LogP contribution in [0.25, 0.3) is 0 Å². The summed E-state index contributed by atoms with van der Waals surface area (Å²) in [5.74, 6) is 0. The molecule has 0 bridgehead atoms. The van der Waals surface area contributed by atoms with Crippen LogP contribution in [-0.2, 0) is 9.47 Å². The third-order valence-electron chi connectivity index (χ3n) is 3.93. The van der Waals surface area contributed by atoms with E-state index in [9.17, 15) is 0 Å². The number of rotatable bonds is 4. The summed E-state index contributed by atoms with van der Waals surface area (Å²) in [6, 6.07) is 16.3. The monoisotopic (exact) mass is 298 g/mol. The number of hydrogen-bond donors (Lipinski definition) is 1. The van der Waals surface area contributed by atoms with E-state index in [4.69, 9.17) is 15.2 Å². The van der Waals surface area contributed by atoms with E-state index in [0.717, 1.165) is 22.4 Å². The number of hydrogen-bond acceptors (Lipinski definition) is 4. The molecule has 0 aliphatic carbocycles. The molecule has 2 aromatic carbocycles. The molecule has 1 heterocycles. The minimum Gasteiger partial charge on any atom is -0.378 e. The van der Waals surface area contributed by atoms with Gasteiger partial charge < -0.3 is 20.1 Å². The van der Waals surface area contributed by atoms with Crippen molar-refractivity contribution in [2.45, 2.75) is 12.3 Å². The summed E-state index contributed by atoms with van der Waals surface area (Å²) in [6.07, 6.45) is -0.261. The van der Waals surface area contributed by atoms with Gasteiger partial charge in [0.1, 0.15) is 0 Å². The van der Waals surface area contributed by atoms with Crippen molar-refractivity contribution in [3.05, 3.63) is 65.2 Å². The fraction of sp³-hybridized carbons (Fsp3) is 0.333. The van der Waals surface area contributed by atoms with Gasteiger partial charge >= 0.3 is 0 Å². The van der Waals surface area contributed by atoms with E-state index in [1.54, 1.807) is 0 Å². The van der Waals surface area contributed by atoms with E-state index in [1.165, 1.54) is 0 Å². The molecule has 4 heteroatoms. The first-order valence-electron chi connectivity index (χ1n) is 7.51. The first-order chi connectivity index (χ1) is 10.6. The second kappa shape index (κ2) is 6.48. The quantitative estimate of drug-likeness (QED) is 0.943. The van der Waals surface area contributed by atoms with Gasteiger partial charge in [-0.2, -0.15) is 0 Å². The maximum absolute atomic E-state index is 6.41. The number of nitrogens with two attached hydrogens (primary N) is 1. The molecule has 3 rings (SSSR count). The van der Waals surface area contributed by atoms with Gasteiger partial charge in [-0.25, -0.2) is 0 Å². The zero-order valence-electron chi connectivity index (χ0n) is 13.0. The Morgan fingerprint density at radius 3 is 2.32 bits per heavy atom. The Kier molecular flexibility index (Phi) is 4.43. The molecule has 1 unspecified atom stereocenters. The van der Waals surface area contributed by atoms with Crippen molar-refractivity contribution >= 4 is 5.69 Å². The van der Waals surface area contributed by atoms with Crippen LogP contribution in [0.4, 0.5) is 5.69 Å². The maximum Gasteiger partial charge on any atom is 0.184 e. The zero-order valence-corrected chi connectivity index (χ0v) is 13.0. The average molecular weight is 298 g/mol. The van der Waals surface area contributed by atoms with E-state index in [2.05, 4.69) is 35.2 Å². The number of benzene rings is 2. The summed E-state index contributed by atoms with van der Waals surface area (Å²) in [4.78, 5) is 2.07. The molecule has 2 aromatic rings. The van der Waals surface area contributed by atoms with Crippen LogP contribution < -0.4 is 10.6 Å². The Hall–Kier alpha value is -1.88. The van der Waals surface area contributed by atoms with Crippen LogP contribution in [-0.4, -0.2) is 27.3 Å². The van der Waals surface area contributed by atoms with Crippen LogP contribution in [0, 0.1) is 0 Å². The minimum atomic E-state index is -0.261. The summed E-state index contributed by atoms with van der Waals surface area (Å²) in [7, 11) is 4.06. The minimum absolute atomic E-state index is 0.155. The van der Waals surface area contributed by atoms with Crippen molar-refractivity contribution in [3.63, 3.8) is 0 Å². The van der Waals surface area contributed by atoms with Crippen molar-refractivity contribution in [2.75, 3.05) is 32.2 Å². The Balaban J connectivity index is 1.81. The van der Waals surface area contributed by atoms with E-state index in [-0.39, 0.29) is 12.3 Å². The first-order valence-corrected chi connectivity index (χ1v) is 7.51. The van der Waals surface area contributed by atoms with Gasteiger partial charge in [-0.1, -0.05) is 30.3 Å². The van der Waals surface area contributed by atoms with Crippen molar-refractivity contribution in [1.29, 1.82) is 0 Å². The molecule has 22 heavy (non-hydrogen) atoms. The number of ether oxygens (including phenoxy) is 2. The molecule has 1 aliphatic rings. The van der Waals surface area contributed by atoms with E-state index < -0.39 is 0 Å². The standard InChI is InChI=1S/C18H22N2O2/c1-20(2)16-8-6-13(7-9-16)17(19)14-4-3-5-15(12-14)18-21-10-11-22-18/h3-9,12,17-18H,10-11,19H2,1-2H3. The Morgan fingerprint density at radius 1 is 1.00 bits per heavy atom. The normalized spacial score (nSPS) is 16.7. The third kappa shape index (κ3) is 3.14. The highest BCUT2D eigenvalue weighted by Gasteiger charge is 2.19. The topological polar surface area (TPSA) is 47.7 Å². The van der Waals surface area contributed by atoms with Crippen molar-refractivity contribution in [1.82, 2.24) is 0 Å². The lowest BCUT2D eigenvalue weighted by molar-refractivity contribution is -0.0441. The first kappa shape index (κ1) is 15.0. The molecule has 0 saturated carbocycles. The molecular weight excluding hydrogens is 276 g/mol. The van der Waals surface area contributed by atoms with Crippen LogP contribution in [0.2, 0.25) is 0 Å². The largest absolute Gasteiger partial charge is 0.378 e. The molecule has 2 N–H and O–H groups in total. The molecule has 4 nitrogen and oxygen atoms in total. The lowest BCUT2D eigenvalue weighted by Crippen LogP contribution is -2.13. The van der Waals surface area contributed by atoms with Gasteiger partial charge in [0.2, 0.25) is 0 Å². The molecular formula is C18H22N2O2. The van der Waals surface area contributed by atoms with Crippen LogP contribution in [0.3, 0.4) is 0 Å². The Bertz CT molecular complexity index is 619. The van der Waals surface area contributed by atoms with Gasteiger partial charge in [-0.05, 0) is 29.3 Å². The summed E-state index contributed by atoms with van der Waals surface area (Å²) < 4.78 is 11.1. The predicted octanol–water partition coefficient (Wildman–Crippen LogP) is 2.85. The highest BCUT2D eigenvalue weighted by Crippen LogP contribution is 2.27. The Labute approximate surface area is 131 Å². The predicted molar refractivity (Wildman–Crippen MR) is 87.9 cm³/mol. The highest BCUT2D eigenvalue weighted by molar-refractivity contribution is 5.47. The second-order valence-corrected chi connectivity index (χ2v) is 5.71. The Morgan fingerprint density at radius 2 is 1.68 bits per heavy atom. The molecule has 0 spiro atoms. The lowest BCUT2D eigenvalue weighted by Gasteiger charge is -2.17. The molecule has 0 radical (unpaired) electrons. The summed E-state index contributed by atoms with van der Waals surface area (Å²) in [6.45, 7) is 1.29. The van der Waals surface area contributed by atoms with Gasteiger partial charge in [0, 0.05) is 25.3 Å². The van der Waals surface area contributed by atoms with Gasteiger partial charge in [0.25, 0.3) is 0 Å². The fourth-order valence-corrected chi connectivity index (χ4v) is 2.62. The molecule has 1 atom stereocenters. The van der Waals surface area contributed by atoms with Gasteiger partial charge in [-0.15, -0.1) is 0 Å². The van der Waals surface area contributed by atoms with Crippen LogP contribution in [0.15, 0.2) is 48.5 Å². The molecule has 1 fully saturated rings. The SMILES string of the molecule is CN(C)c1ccc(C(N)c2cccc(C3OCCO3)c2)cc1. The molecule has 116 valence electrons. The molecule has 0 amide bonds. The van der Waals surface area contributed by atoms with E-state index in [0.29, 0.717) is 13.2 Å². The smallest absolute Gasteiger partial charge is 0.184 e. The zero-order chi connectivity index (χ0) is 15.5. The lowest BCUT2D eigenvalue weighted by atomic mass is 9.97. The van der Waals surface area contributed by atoms with Crippen LogP contribution >= 0.6 is 0 Å². The van der Waals surface area contributed by atoms with Crippen LogP contribution in [0.1, 0.15) is 29.0 Å². The van der Waals surface area contributed by atoms with Crippen molar-refractivity contribution < 1.29 is 9.47 Å². The molecule has 1 aliphatic heterocycles. The maximum atomic E-state index is 6.41. The third-order valence-corrected chi connectivity index (χ3v) is 3.93. The summed E-state index contributed by atoms with van der Waals surface area (Å²) >= 11 is 0. The number of anilines is 1. The van der Waals surface area contributed by atoms with Gasteiger partial charge in [0.15, 0.2) is 6.29 Å². The average Bonchev–Trinajstić information content (AvgIpc) is 3.09. The summed E-state index contributed by atoms with van der Waals surface area (Å²) in [5.41, 5.74) is 10.8. The molecule has 1 saturated heterocycles. The highest BCUT2D eigenvalue weighted by atomic mass is 16.7. The van der Waals surface area contributed by atoms with Gasteiger partial charge in [0.05, 0.1) is 19.3 Å². The van der Waals surface area contributed by atoms with Gasteiger partial charge in [-0.3, -0.25) is 0 Å². The van der Waals surface area contributed by atoms with E-state index in [1.807, 2.05) is 32.3 Å². The summed E-state index contributed by atoms with van der Waals surface area (Å²) in [5, 5.41) is 0. The van der Waals surface area contributed by atoms with Crippen LogP contribution in [0.5, 0.6) is 0 Å². The van der Waals surface area contributed by atoms with Crippen molar-refractivity contribution in [2.24, 2.45) is 5.73 Å². The van der Waals surface area contributed by atoms with E-state index >= 15 is 0 Å². The number of nitrogens with zero attached hydrogens (tertiary/aromatic N) is 1.